The maximum atomic E-state index is 6.35. The van der Waals surface area contributed by atoms with Crippen LogP contribution < -0.4 is 15.2 Å². The Balaban J connectivity index is 0.000000140. The molecule has 2 aromatic rings. The van der Waals surface area contributed by atoms with E-state index in [-0.39, 0.29) is 11.2 Å². The average molecular weight is 713 g/mol. The van der Waals surface area contributed by atoms with Gasteiger partial charge in [-0.05, 0) is 75.9 Å². The Morgan fingerprint density at radius 1 is 0.744 bits per heavy atom. The van der Waals surface area contributed by atoms with Crippen molar-refractivity contribution in [1.82, 2.24) is 0 Å². The quantitative estimate of drug-likeness (QED) is 0.348. The first-order valence-corrected chi connectivity index (χ1v) is 16.4. The molecule has 2 saturated heterocycles. The van der Waals surface area contributed by atoms with Gasteiger partial charge in [0.1, 0.15) is 28.5 Å². The van der Waals surface area contributed by atoms with Crippen molar-refractivity contribution in [3.05, 3.63) is 56.5 Å². The molecule has 0 radical (unpaired) electrons. The van der Waals surface area contributed by atoms with Crippen molar-refractivity contribution >= 4 is 55.3 Å². The molecule has 2 aromatic carbocycles. The molecular formula is C32H35Br2N5O4. The molecule has 0 saturated carbocycles. The van der Waals surface area contributed by atoms with E-state index in [1.165, 1.54) is 0 Å². The van der Waals surface area contributed by atoms with Gasteiger partial charge in [-0.1, -0.05) is 31.9 Å². The third kappa shape index (κ3) is 5.26. The highest BCUT2D eigenvalue weighted by atomic mass is 79.9. The maximum Gasteiger partial charge on any atom is 0.185 e. The van der Waals surface area contributed by atoms with E-state index in [0.717, 1.165) is 88.3 Å². The minimum atomic E-state index is -0.674. The molecule has 4 spiro atoms. The summed E-state index contributed by atoms with van der Waals surface area (Å²) in [4.78, 5) is 19.2. The SMILES string of the molecule is CC1=NC2(CC3(CCCOC3)Oc3ccc(Br)cc32)N=C1.CC1=NC2(CC3(CCCOC3)Oc3ccc(Br)cc32)N=C1N. The van der Waals surface area contributed by atoms with Crippen molar-refractivity contribution in [3.63, 3.8) is 0 Å². The number of benzene rings is 2. The lowest BCUT2D eigenvalue weighted by Gasteiger charge is -2.46. The Hall–Kier alpha value is -2.60. The van der Waals surface area contributed by atoms with Crippen LogP contribution in [0.25, 0.3) is 0 Å². The minimum Gasteiger partial charge on any atom is -0.484 e. The second kappa shape index (κ2) is 10.8. The Bertz CT molecular complexity index is 1560. The summed E-state index contributed by atoms with van der Waals surface area (Å²) < 4.78 is 26.1. The summed E-state index contributed by atoms with van der Waals surface area (Å²) in [6, 6.07) is 12.1. The summed E-state index contributed by atoms with van der Waals surface area (Å²) in [5, 5.41) is 0. The van der Waals surface area contributed by atoms with Crippen molar-refractivity contribution in [1.29, 1.82) is 0 Å². The molecule has 11 heteroatoms. The van der Waals surface area contributed by atoms with Crippen LogP contribution in [-0.2, 0) is 20.8 Å². The first-order chi connectivity index (χ1) is 20.6. The molecule has 4 atom stereocenters. The Morgan fingerprint density at radius 2 is 1.30 bits per heavy atom. The van der Waals surface area contributed by atoms with Gasteiger partial charge < -0.3 is 24.7 Å². The van der Waals surface area contributed by atoms with Gasteiger partial charge >= 0.3 is 0 Å². The fourth-order valence-corrected chi connectivity index (χ4v) is 7.86. The van der Waals surface area contributed by atoms with Gasteiger partial charge in [0.15, 0.2) is 11.3 Å². The summed E-state index contributed by atoms with van der Waals surface area (Å²) >= 11 is 7.07. The fraction of sp³-hybridized carbons (Fsp3) is 0.500. The molecular weight excluding hydrogens is 678 g/mol. The van der Waals surface area contributed by atoms with Crippen LogP contribution in [0.3, 0.4) is 0 Å². The first-order valence-electron chi connectivity index (χ1n) is 14.8. The van der Waals surface area contributed by atoms with Crippen LogP contribution in [-0.4, -0.2) is 61.1 Å². The average Bonchev–Trinajstić information content (AvgIpc) is 3.48. The van der Waals surface area contributed by atoms with Crippen LogP contribution in [0.15, 0.2) is 65.3 Å². The number of ether oxygens (including phenoxy) is 4. The number of fused-ring (bicyclic) bond motifs is 4. The number of aliphatic imine (C=N–C) groups is 4. The van der Waals surface area contributed by atoms with Gasteiger partial charge in [-0.15, -0.1) is 0 Å². The normalized spacial score (nSPS) is 33.6. The lowest BCUT2D eigenvalue weighted by molar-refractivity contribution is -0.0928. The van der Waals surface area contributed by atoms with Crippen LogP contribution in [0, 0.1) is 0 Å². The predicted octanol–water partition coefficient (Wildman–Crippen LogP) is 6.24. The largest absolute Gasteiger partial charge is 0.484 e. The van der Waals surface area contributed by atoms with Gasteiger partial charge in [-0.2, -0.15) is 0 Å². The van der Waals surface area contributed by atoms with Gasteiger partial charge in [-0.3, -0.25) is 15.0 Å². The summed E-state index contributed by atoms with van der Waals surface area (Å²) in [7, 11) is 0. The monoisotopic (exact) mass is 711 g/mol. The first kappa shape index (κ1) is 29.1. The number of halogens is 2. The van der Waals surface area contributed by atoms with Gasteiger partial charge in [0.2, 0.25) is 0 Å². The van der Waals surface area contributed by atoms with Gasteiger partial charge in [0.25, 0.3) is 0 Å². The fourth-order valence-electron chi connectivity index (χ4n) is 7.13. The van der Waals surface area contributed by atoms with E-state index in [1.807, 2.05) is 50.4 Å². The standard InChI is InChI=1S/C16H18BrN3O2.C16H17BrN2O2/c1-10-14(18)20-16(19-10)8-15(5-2-6-21-9-15)22-13-4-3-11(17)7-12(13)16;1-11-8-18-16(19-11)9-15(5-2-6-20-10-15)21-14-4-3-12(17)7-13(14)16/h3-4,7H,2,5-6,8-9H2,1H3,(H2,18,20);3-4,7-8H,2,5-6,9-10H2,1H3. The number of hydrogen-bond donors (Lipinski definition) is 1. The number of nitrogens with zero attached hydrogens (tertiary/aromatic N) is 4. The third-order valence-corrected chi connectivity index (χ3v) is 9.95. The van der Waals surface area contributed by atoms with Crippen molar-refractivity contribution in [2.75, 3.05) is 26.4 Å². The topological polar surface area (TPSA) is 112 Å². The molecule has 226 valence electrons. The zero-order valence-electron chi connectivity index (χ0n) is 24.4. The molecule has 9 nitrogen and oxygen atoms in total. The number of hydrogen-bond acceptors (Lipinski definition) is 9. The second-order valence-corrected chi connectivity index (χ2v) is 14.2. The highest BCUT2D eigenvalue weighted by molar-refractivity contribution is 9.10. The molecule has 6 heterocycles. The van der Waals surface area contributed by atoms with Crippen LogP contribution in [0.1, 0.15) is 63.5 Å². The molecule has 0 amide bonds. The summed E-state index contributed by atoms with van der Waals surface area (Å²) in [5.41, 5.74) is 7.93. The van der Waals surface area contributed by atoms with Crippen molar-refractivity contribution in [2.45, 2.75) is 74.9 Å². The van der Waals surface area contributed by atoms with Gasteiger partial charge in [0, 0.05) is 52.3 Å². The Morgan fingerprint density at radius 3 is 1.77 bits per heavy atom. The van der Waals surface area contributed by atoms with E-state index in [4.69, 9.17) is 44.7 Å². The van der Waals surface area contributed by atoms with Crippen molar-refractivity contribution in [2.24, 2.45) is 25.7 Å². The Labute approximate surface area is 268 Å². The lowest BCUT2D eigenvalue weighted by Crippen LogP contribution is -2.51. The second-order valence-electron chi connectivity index (χ2n) is 12.4. The molecule has 8 rings (SSSR count). The van der Waals surface area contributed by atoms with Crippen LogP contribution in [0.4, 0.5) is 0 Å². The molecule has 43 heavy (non-hydrogen) atoms. The zero-order chi connectivity index (χ0) is 29.9. The highest BCUT2D eigenvalue weighted by Gasteiger charge is 2.53. The summed E-state index contributed by atoms with van der Waals surface area (Å²) in [5.74, 6) is 2.22. The summed E-state index contributed by atoms with van der Waals surface area (Å²) in [6.45, 7) is 6.71. The molecule has 0 aliphatic carbocycles. The smallest absolute Gasteiger partial charge is 0.185 e. The minimum absolute atomic E-state index is 0.301. The van der Waals surface area contributed by atoms with Gasteiger partial charge in [-0.25, -0.2) is 4.99 Å². The van der Waals surface area contributed by atoms with E-state index >= 15 is 0 Å². The number of nitrogens with two attached hydrogens (primary N) is 1. The number of rotatable bonds is 0. The Kier molecular flexibility index (Phi) is 7.31. The molecule has 2 fully saturated rings. The maximum absolute atomic E-state index is 6.35. The van der Waals surface area contributed by atoms with Crippen LogP contribution in [0.5, 0.6) is 11.5 Å². The number of amidine groups is 1. The molecule has 0 bridgehead atoms. The van der Waals surface area contributed by atoms with E-state index in [0.29, 0.717) is 25.5 Å². The molecule has 6 aliphatic rings. The molecule has 6 aliphatic heterocycles. The molecule has 0 aromatic heterocycles. The van der Waals surface area contributed by atoms with E-state index in [2.05, 4.69) is 37.9 Å². The van der Waals surface area contributed by atoms with Crippen LogP contribution in [0.2, 0.25) is 0 Å². The molecule has 4 unspecified atom stereocenters. The third-order valence-electron chi connectivity index (χ3n) is 8.96. The van der Waals surface area contributed by atoms with Gasteiger partial charge in [0.05, 0.1) is 24.6 Å². The summed E-state index contributed by atoms with van der Waals surface area (Å²) in [6.07, 6.45) is 7.24. The zero-order valence-corrected chi connectivity index (χ0v) is 27.5. The van der Waals surface area contributed by atoms with Crippen molar-refractivity contribution < 1.29 is 18.9 Å². The lowest BCUT2D eigenvalue weighted by atomic mass is 9.80. The van der Waals surface area contributed by atoms with E-state index in [1.54, 1.807) is 0 Å². The van der Waals surface area contributed by atoms with E-state index in [9.17, 15) is 0 Å². The molecule has 2 N–H and O–H groups in total. The van der Waals surface area contributed by atoms with Crippen LogP contribution >= 0.6 is 31.9 Å². The van der Waals surface area contributed by atoms with Crippen molar-refractivity contribution in [3.8, 4) is 11.5 Å². The van der Waals surface area contributed by atoms with E-state index < -0.39 is 11.3 Å². The predicted molar refractivity (Wildman–Crippen MR) is 174 cm³/mol. The highest BCUT2D eigenvalue weighted by Crippen LogP contribution is 2.52.